The number of alkyl carbamates (subject to hydrolysis) is 1. The van der Waals surface area contributed by atoms with Crippen LogP contribution in [0.2, 0.25) is 0 Å². The first kappa shape index (κ1) is 25.4. The third-order valence-electron chi connectivity index (χ3n) is 5.68. The number of nitrogens with one attached hydrogen (secondary N) is 3. The summed E-state index contributed by atoms with van der Waals surface area (Å²) in [4.78, 5) is 39.4. The Kier molecular flexibility index (Phi) is 8.03. The van der Waals surface area contributed by atoms with Crippen LogP contribution in [0.1, 0.15) is 45.2 Å². The monoisotopic (exact) mass is 474 g/mol. The van der Waals surface area contributed by atoms with Gasteiger partial charge in [-0.05, 0) is 51.3 Å². The summed E-state index contributed by atoms with van der Waals surface area (Å²) in [6.45, 7) is 7.23. The number of hydrogen-bond donors (Lipinski definition) is 3. The van der Waals surface area contributed by atoms with E-state index >= 15 is 0 Å². The number of esters is 1. The second-order valence-corrected chi connectivity index (χ2v) is 9.39. The Labute approximate surface area is 200 Å². The molecule has 1 atom stereocenters. The molecule has 0 bridgehead atoms. The van der Waals surface area contributed by atoms with Crippen molar-refractivity contribution >= 4 is 18.1 Å². The minimum absolute atomic E-state index is 0.00676. The van der Waals surface area contributed by atoms with Gasteiger partial charge < -0.3 is 30.2 Å². The van der Waals surface area contributed by atoms with Crippen molar-refractivity contribution in [3.05, 3.63) is 41.1 Å². The van der Waals surface area contributed by atoms with Crippen molar-refractivity contribution in [2.75, 3.05) is 33.9 Å². The molecular weight excluding hydrogens is 440 g/mol. The molecule has 0 radical (unpaired) electrons. The number of carbonyl (C=O) groups is 3. The van der Waals surface area contributed by atoms with Crippen LogP contribution in [0.25, 0.3) is 0 Å². The number of likely N-dealkylation sites (tertiary alicyclic amines) is 1. The van der Waals surface area contributed by atoms with Crippen molar-refractivity contribution in [2.45, 2.75) is 51.3 Å². The number of carbonyl (C=O) groups excluding carboxylic acids is 3. The van der Waals surface area contributed by atoms with Crippen molar-refractivity contribution in [3.8, 4) is 5.75 Å². The Bertz CT molecular complexity index is 947. The molecule has 1 fully saturated rings. The molecule has 3 rings (SSSR count). The van der Waals surface area contributed by atoms with Gasteiger partial charge in [-0.25, -0.2) is 14.4 Å². The first-order valence-corrected chi connectivity index (χ1v) is 11.3. The molecule has 3 N–H and O–H groups in total. The second-order valence-electron chi connectivity index (χ2n) is 9.39. The summed E-state index contributed by atoms with van der Waals surface area (Å²) in [5.41, 5.74) is 1.02. The lowest BCUT2D eigenvalue weighted by atomic mass is 9.94. The van der Waals surface area contributed by atoms with E-state index in [0.717, 1.165) is 12.8 Å². The van der Waals surface area contributed by atoms with Crippen molar-refractivity contribution in [1.29, 1.82) is 0 Å². The molecule has 34 heavy (non-hydrogen) atoms. The normalized spacial score (nSPS) is 19.7. The summed E-state index contributed by atoms with van der Waals surface area (Å²) < 4.78 is 15.7. The predicted molar refractivity (Wildman–Crippen MR) is 125 cm³/mol. The van der Waals surface area contributed by atoms with Gasteiger partial charge >= 0.3 is 18.1 Å². The van der Waals surface area contributed by atoms with Crippen LogP contribution in [0.15, 0.2) is 35.5 Å². The zero-order chi connectivity index (χ0) is 24.9. The van der Waals surface area contributed by atoms with E-state index in [4.69, 9.17) is 14.2 Å². The van der Waals surface area contributed by atoms with Crippen molar-refractivity contribution in [3.63, 3.8) is 0 Å². The van der Waals surface area contributed by atoms with E-state index in [1.54, 1.807) is 25.3 Å². The highest BCUT2D eigenvalue weighted by molar-refractivity contribution is 5.95. The van der Waals surface area contributed by atoms with Gasteiger partial charge in [0.05, 0.1) is 25.8 Å². The van der Waals surface area contributed by atoms with E-state index < -0.39 is 29.7 Å². The molecule has 0 aliphatic carbocycles. The molecule has 2 aliphatic rings. The van der Waals surface area contributed by atoms with Gasteiger partial charge in [-0.3, -0.25) is 4.90 Å². The number of urea groups is 1. The second kappa shape index (κ2) is 10.8. The van der Waals surface area contributed by atoms with Gasteiger partial charge in [0.25, 0.3) is 0 Å². The summed E-state index contributed by atoms with van der Waals surface area (Å²) in [7, 11) is 2.88. The number of piperidine rings is 1. The van der Waals surface area contributed by atoms with Gasteiger partial charge in [0.2, 0.25) is 0 Å². The van der Waals surface area contributed by atoms with Crippen LogP contribution in [0.4, 0.5) is 9.59 Å². The molecule has 10 heteroatoms. The maximum atomic E-state index is 12.8. The third-order valence-corrected chi connectivity index (χ3v) is 5.68. The molecule has 0 aromatic heterocycles. The van der Waals surface area contributed by atoms with Crippen LogP contribution in [0.5, 0.6) is 5.75 Å². The first-order valence-electron chi connectivity index (χ1n) is 11.3. The Morgan fingerprint density at radius 1 is 1.18 bits per heavy atom. The minimum Gasteiger partial charge on any atom is -0.497 e. The summed E-state index contributed by atoms with van der Waals surface area (Å²) in [5, 5.41) is 8.53. The van der Waals surface area contributed by atoms with E-state index in [2.05, 4.69) is 20.9 Å². The molecule has 2 aliphatic heterocycles. The van der Waals surface area contributed by atoms with E-state index in [1.807, 2.05) is 26.8 Å². The average molecular weight is 475 g/mol. The maximum Gasteiger partial charge on any atom is 0.407 e. The highest BCUT2D eigenvalue weighted by Crippen LogP contribution is 2.30. The zero-order valence-electron chi connectivity index (χ0n) is 20.4. The van der Waals surface area contributed by atoms with Gasteiger partial charge in [0.15, 0.2) is 0 Å². The summed E-state index contributed by atoms with van der Waals surface area (Å²) in [5.74, 6) is 0.104. The third kappa shape index (κ3) is 6.63. The number of ether oxygens (including phenoxy) is 3. The van der Waals surface area contributed by atoms with Crippen LogP contribution < -0.4 is 20.7 Å². The molecule has 2 heterocycles. The summed E-state index contributed by atoms with van der Waals surface area (Å²) in [6.07, 6.45) is 1.03. The van der Waals surface area contributed by atoms with Crippen molar-refractivity contribution in [1.82, 2.24) is 20.9 Å². The Morgan fingerprint density at radius 2 is 1.88 bits per heavy atom. The lowest BCUT2D eigenvalue weighted by Gasteiger charge is -2.35. The van der Waals surface area contributed by atoms with E-state index in [-0.39, 0.29) is 6.04 Å². The highest BCUT2D eigenvalue weighted by atomic mass is 16.6. The molecular formula is C24H34N4O6. The maximum absolute atomic E-state index is 12.8. The standard InChI is InChI=1S/C24H34N4O6/c1-24(2,3)34-23(31)25-16-9-11-28(12-10-16)14-18-19(21(29)33-5)20(27-22(30)26-18)15-7-6-8-17(13-15)32-4/h6-8,13,16,20H,9-12,14H2,1-5H3,(H,25,31)(H2,26,27,30). The Hall–Kier alpha value is -3.27. The van der Waals surface area contributed by atoms with Crippen LogP contribution in [-0.2, 0) is 14.3 Å². The van der Waals surface area contributed by atoms with Crippen LogP contribution in [0.3, 0.4) is 0 Å². The van der Waals surface area contributed by atoms with E-state index in [0.29, 0.717) is 42.2 Å². The Balaban J connectivity index is 1.73. The van der Waals surface area contributed by atoms with Gasteiger partial charge in [-0.1, -0.05) is 12.1 Å². The molecule has 0 spiro atoms. The van der Waals surface area contributed by atoms with Crippen molar-refractivity contribution in [2.24, 2.45) is 0 Å². The average Bonchev–Trinajstić information content (AvgIpc) is 2.78. The molecule has 3 amide bonds. The SMILES string of the molecule is COC(=O)C1=C(CN2CCC(NC(=O)OC(C)(C)C)CC2)NC(=O)NC1c1cccc(OC)c1. The topological polar surface area (TPSA) is 118 Å². The lowest BCUT2D eigenvalue weighted by molar-refractivity contribution is -0.136. The highest BCUT2D eigenvalue weighted by Gasteiger charge is 2.35. The summed E-state index contributed by atoms with van der Waals surface area (Å²) in [6, 6.07) is 6.16. The number of methoxy groups -OCH3 is 2. The molecule has 1 unspecified atom stereocenters. The molecule has 1 aromatic carbocycles. The summed E-state index contributed by atoms with van der Waals surface area (Å²) >= 11 is 0. The molecule has 186 valence electrons. The van der Waals surface area contributed by atoms with Gasteiger partial charge in [0, 0.05) is 31.4 Å². The van der Waals surface area contributed by atoms with Gasteiger partial charge in [-0.2, -0.15) is 0 Å². The van der Waals surface area contributed by atoms with Crippen LogP contribution >= 0.6 is 0 Å². The zero-order valence-corrected chi connectivity index (χ0v) is 20.4. The lowest BCUT2D eigenvalue weighted by Crippen LogP contribution is -2.50. The molecule has 0 saturated carbocycles. The molecule has 10 nitrogen and oxygen atoms in total. The van der Waals surface area contributed by atoms with Crippen LogP contribution in [0, 0.1) is 0 Å². The van der Waals surface area contributed by atoms with Crippen LogP contribution in [-0.4, -0.2) is 68.5 Å². The van der Waals surface area contributed by atoms with Gasteiger partial charge in [0.1, 0.15) is 11.4 Å². The molecule has 1 saturated heterocycles. The predicted octanol–water partition coefficient (Wildman–Crippen LogP) is 2.47. The van der Waals surface area contributed by atoms with E-state index in [9.17, 15) is 14.4 Å². The number of nitrogens with zero attached hydrogens (tertiary/aromatic N) is 1. The quantitative estimate of drug-likeness (QED) is 0.542. The van der Waals surface area contributed by atoms with Crippen molar-refractivity contribution < 1.29 is 28.6 Å². The fraction of sp³-hybridized carbons (Fsp3) is 0.542. The smallest absolute Gasteiger partial charge is 0.407 e. The largest absolute Gasteiger partial charge is 0.497 e. The number of benzene rings is 1. The van der Waals surface area contributed by atoms with E-state index in [1.165, 1.54) is 7.11 Å². The minimum atomic E-state index is -0.669. The molecule has 1 aromatic rings. The Morgan fingerprint density at radius 3 is 2.50 bits per heavy atom. The number of rotatable bonds is 6. The number of hydrogen-bond acceptors (Lipinski definition) is 7. The fourth-order valence-corrected chi connectivity index (χ4v) is 4.10. The number of amides is 3. The first-order chi connectivity index (χ1) is 16.1. The van der Waals surface area contributed by atoms with Gasteiger partial charge in [-0.15, -0.1) is 0 Å². The fourth-order valence-electron chi connectivity index (χ4n) is 4.10.